The molecular weight excluding hydrogens is 335 g/mol. The summed E-state index contributed by atoms with van der Waals surface area (Å²) >= 11 is 15.6. The van der Waals surface area contributed by atoms with E-state index < -0.39 is 0 Å². The average molecular weight is 346 g/mol. The first-order valence-corrected chi connectivity index (χ1v) is 6.84. The summed E-state index contributed by atoms with van der Waals surface area (Å²) in [4.78, 5) is 0. The molecule has 0 aliphatic rings. The molecule has 0 saturated heterocycles. The van der Waals surface area contributed by atoms with Gasteiger partial charge in [-0.1, -0.05) is 51.3 Å². The molecule has 0 aromatic heterocycles. The van der Waals surface area contributed by atoms with Crippen molar-refractivity contribution in [3.63, 3.8) is 0 Å². The Kier molecular flexibility index (Phi) is 4.38. The largest absolute Gasteiger partial charge is 0.399 e. The molecular formula is C13H11BrCl2N2. The maximum absolute atomic E-state index is 6.09. The van der Waals surface area contributed by atoms with E-state index >= 15 is 0 Å². The van der Waals surface area contributed by atoms with Crippen LogP contribution < -0.4 is 11.1 Å². The van der Waals surface area contributed by atoms with Crippen molar-refractivity contribution in [2.45, 2.75) is 6.54 Å². The van der Waals surface area contributed by atoms with Gasteiger partial charge < -0.3 is 11.1 Å². The van der Waals surface area contributed by atoms with E-state index in [1.165, 1.54) is 0 Å². The third kappa shape index (κ3) is 3.31. The van der Waals surface area contributed by atoms with E-state index in [9.17, 15) is 0 Å². The Bertz CT molecular complexity index is 532. The lowest BCUT2D eigenvalue weighted by Gasteiger charge is -2.11. The van der Waals surface area contributed by atoms with Crippen LogP contribution in [0.15, 0.2) is 40.9 Å². The summed E-state index contributed by atoms with van der Waals surface area (Å²) in [6.07, 6.45) is 0. The number of anilines is 2. The normalized spacial score (nSPS) is 10.4. The molecule has 0 atom stereocenters. The van der Waals surface area contributed by atoms with Gasteiger partial charge in [-0.2, -0.15) is 0 Å². The Hall–Kier alpha value is -0.900. The number of nitrogen functional groups attached to an aromatic ring is 1. The van der Waals surface area contributed by atoms with Crippen molar-refractivity contribution in [1.29, 1.82) is 0 Å². The van der Waals surface area contributed by atoms with Gasteiger partial charge in [-0.15, -0.1) is 0 Å². The minimum Gasteiger partial charge on any atom is -0.399 e. The summed E-state index contributed by atoms with van der Waals surface area (Å²) < 4.78 is 1.05. The first-order chi connectivity index (χ1) is 8.56. The summed E-state index contributed by atoms with van der Waals surface area (Å²) in [5, 5.41) is 4.26. The number of nitrogens with two attached hydrogens (primary N) is 1. The van der Waals surface area contributed by atoms with Crippen molar-refractivity contribution in [2.75, 3.05) is 11.1 Å². The van der Waals surface area contributed by atoms with Gasteiger partial charge in [0.05, 0.1) is 15.7 Å². The van der Waals surface area contributed by atoms with Crippen molar-refractivity contribution in [2.24, 2.45) is 0 Å². The number of nitrogens with one attached hydrogen (secondary N) is 1. The van der Waals surface area contributed by atoms with E-state index in [1.807, 2.05) is 24.3 Å². The van der Waals surface area contributed by atoms with Gasteiger partial charge in [-0.3, -0.25) is 0 Å². The van der Waals surface area contributed by atoms with Gasteiger partial charge in [-0.05, 0) is 29.8 Å². The molecule has 0 saturated carbocycles. The van der Waals surface area contributed by atoms with E-state index in [4.69, 9.17) is 28.9 Å². The summed E-state index contributed by atoms with van der Waals surface area (Å²) in [6, 6.07) is 11.4. The standard InChI is InChI=1S/C13H11BrCl2N2/c14-9-3-1-8(2-4-9)7-18-13-11(15)5-10(17)6-12(13)16/h1-6,18H,7,17H2. The minimum atomic E-state index is 0.525. The van der Waals surface area contributed by atoms with E-state index in [0.29, 0.717) is 28.0 Å². The Morgan fingerprint density at radius 1 is 1.06 bits per heavy atom. The van der Waals surface area contributed by atoms with Gasteiger partial charge in [0, 0.05) is 16.7 Å². The monoisotopic (exact) mass is 344 g/mol. The number of hydrogen-bond donors (Lipinski definition) is 2. The van der Waals surface area contributed by atoms with Gasteiger partial charge in [-0.25, -0.2) is 0 Å². The molecule has 0 aliphatic carbocycles. The maximum Gasteiger partial charge on any atom is 0.0723 e. The van der Waals surface area contributed by atoms with Crippen LogP contribution in [0.2, 0.25) is 10.0 Å². The molecule has 0 unspecified atom stereocenters. The fourth-order valence-corrected chi connectivity index (χ4v) is 2.46. The second-order valence-corrected chi connectivity index (χ2v) is 5.57. The van der Waals surface area contributed by atoms with Crippen molar-refractivity contribution in [3.8, 4) is 0 Å². The highest BCUT2D eigenvalue weighted by atomic mass is 79.9. The molecule has 0 aliphatic heterocycles. The van der Waals surface area contributed by atoms with Crippen LogP contribution in [0.4, 0.5) is 11.4 Å². The average Bonchev–Trinajstić information content (AvgIpc) is 2.30. The second kappa shape index (κ2) is 5.83. The highest BCUT2D eigenvalue weighted by Crippen LogP contribution is 2.33. The predicted octanol–water partition coefficient (Wildman–Crippen LogP) is 4.95. The molecule has 0 heterocycles. The topological polar surface area (TPSA) is 38.0 Å². The zero-order valence-electron chi connectivity index (χ0n) is 9.38. The summed E-state index contributed by atoms with van der Waals surface area (Å²) in [6.45, 7) is 0.649. The molecule has 2 aromatic carbocycles. The zero-order valence-corrected chi connectivity index (χ0v) is 12.5. The molecule has 0 bridgehead atoms. The Morgan fingerprint density at radius 2 is 1.61 bits per heavy atom. The van der Waals surface area contributed by atoms with Crippen LogP contribution in [0, 0.1) is 0 Å². The quantitative estimate of drug-likeness (QED) is 0.772. The molecule has 3 N–H and O–H groups in total. The van der Waals surface area contributed by atoms with Gasteiger partial charge >= 0.3 is 0 Å². The van der Waals surface area contributed by atoms with Crippen LogP contribution in [-0.4, -0.2) is 0 Å². The molecule has 2 nitrogen and oxygen atoms in total. The lowest BCUT2D eigenvalue weighted by Crippen LogP contribution is -2.01. The number of rotatable bonds is 3. The minimum absolute atomic E-state index is 0.525. The Labute approximate surface area is 124 Å². The molecule has 18 heavy (non-hydrogen) atoms. The smallest absolute Gasteiger partial charge is 0.0723 e. The molecule has 0 radical (unpaired) electrons. The van der Waals surface area contributed by atoms with Crippen LogP contribution >= 0.6 is 39.1 Å². The first-order valence-electron chi connectivity index (χ1n) is 5.29. The van der Waals surface area contributed by atoms with Crippen molar-refractivity contribution in [3.05, 3.63) is 56.5 Å². The van der Waals surface area contributed by atoms with Gasteiger partial charge in [0.25, 0.3) is 0 Å². The van der Waals surface area contributed by atoms with Crippen LogP contribution in [-0.2, 0) is 6.54 Å². The van der Waals surface area contributed by atoms with Crippen LogP contribution in [0.25, 0.3) is 0 Å². The highest BCUT2D eigenvalue weighted by Gasteiger charge is 2.06. The van der Waals surface area contributed by atoms with E-state index in [0.717, 1.165) is 10.0 Å². The van der Waals surface area contributed by atoms with Crippen LogP contribution in [0.1, 0.15) is 5.56 Å². The SMILES string of the molecule is Nc1cc(Cl)c(NCc2ccc(Br)cc2)c(Cl)c1. The Balaban J connectivity index is 2.13. The van der Waals surface area contributed by atoms with E-state index in [1.54, 1.807) is 12.1 Å². The summed E-state index contributed by atoms with van der Waals surface area (Å²) in [7, 11) is 0. The molecule has 0 spiro atoms. The predicted molar refractivity (Wildman–Crippen MR) is 82.3 cm³/mol. The third-order valence-corrected chi connectivity index (χ3v) is 3.57. The van der Waals surface area contributed by atoms with Crippen molar-refractivity contribution in [1.82, 2.24) is 0 Å². The number of hydrogen-bond acceptors (Lipinski definition) is 2. The van der Waals surface area contributed by atoms with Gasteiger partial charge in [0.2, 0.25) is 0 Å². The molecule has 2 aromatic rings. The second-order valence-electron chi connectivity index (χ2n) is 3.84. The summed E-state index contributed by atoms with van der Waals surface area (Å²) in [5.41, 5.74) is 8.05. The Morgan fingerprint density at radius 3 is 2.17 bits per heavy atom. The fourth-order valence-electron chi connectivity index (χ4n) is 1.55. The lowest BCUT2D eigenvalue weighted by molar-refractivity contribution is 1.15. The molecule has 2 rings (SSSR count). The molecule has 94 valence electrons. The molecule has 0 amide bonds. The fraction of sp³-hybridized carbons (Fsp3) is 0.0769. The number of benzene rings is 2. The van der Waals surface area contributed by atoms with Crippen LogP contribution in [0.5, 0.6) is 0 Å². The lowest BCUT2D eigenvalue weighted by atomic mass is 10.2. The third-order valence-electron chi connectivity index (χ3n) is 2.45. The van der Waals surface area contributed by atoms with E-state index in [2.05, 4.69) is 21.2 Å². The van der Waals surface area contributed by atoms with Crippen LogP contribution in [0.3, 0.4) is 0 Å². The molecule has 5 heteroatoms. The summed E-state index contributed by atoms with van der Waals surface area (Å²) in [5.74, 6) is 0. The number of halogens is 3. The molecule has 0 fully saturated rings. The zero-order chi connectivity index (χ0) is 13.1. The van der Waals surface area contributed by atoms with E-state index in [-0.39, 0.29) is 0 Å². The maximum atomic E-state index is 6.09. The van der Waals surface area contributed by atoms with Crippen molar-refractivity contribution < 1.29 is 0 Å². The van der Waals surface area contributed by atoms with Gasteiger partial charge in [0.15, 0.2) is 0 Å². The van der Waals surface area contributed by atoms with Crippen molar-refractivity contribution >= 4 is 50.5 Å². The highest BCUT2D eigenvalue weighted by molar-refractivity contribution is 9.10. The van der Waals surface area contributed by atoms with Gasteiger partial charge in [0.1, 0.15) is 0 Å². The first kappa shape index (κ1) is 13.5.